The van der Waals surface area contributed by atoms with Crippen molar-refractivity contribution < 1.29 is 14.7 Å². The second-order valence-corrected chi connectivity index (χ2v) is 5.19. The lowest BCUT2D eigenvalue weighted by Gasteiger charge is -2.18. The van der Waals surface area contributed by atoms with E-state index in [0.717, 1.165) is 10.8 Å². The topological polar surface area (TPSA) is 78.4 Å². The Hall–Kier alpha value is -2.56. The zero-order valence-corrected chi connectivity index (χ0v) is 12.0. The molecule has 110 valence electrons. The molecular formula is C16H18N2O3. The number of anilines is 1. The maximum absolute atomic E-state index is 12.0. The predicted molar refractivity (Wildman–Crippen MR) is 82.4 cm³/mol. The Bertz CT molecular complexity index is 662. The summed E-state index contributed by atoms with van der Waals surface area (Å²) in [6.45, 7) is 3.49. The van der Waals surface area contributed by atoms with Crippen LogP contribution < -0.4 is 10.6 Å². The fourth-order valence-electron chi connectivity index (χ4n) is 2.15. The molecule has 0 aliphatic rings. The number of aliphatic carboxylic acids is 1. The maximum Gasteiger partial charge on any atom is 0.326 e. The van der Waals surface area contributed by atoms with Gasteiger partial charge in [0.25, 0.3) is 0 Å². The van der Waals surface area contributed by atoms with Gasteiger partial charge in [-0.3, -0.25) is 0 Å². The number of urea groups is 1. The standard InChI is InChI=1S/C16H18N2O3/c1-10(2)14(15(19)20)18-16(21)17-13-9-5-7-11-6-3-4-8-12(11)13/h3-10,14H,1-2H3,(H,19,20)(H2,17,18,21)/t14-/m0/s1. The number of hydrogen-bond acceptors (Lipinski definition) is 2. The van der Waals surface area contributed by atoms with E-state index in [0.29, 0.717) is 5.69 Å². The van der Waals surface area contributed by atoms with E-state index >= 15 is 0 Å². The zero-order valence-electron chi connectivity index (χ0n) is 12.0. The number of carboxylic acids is 1. The number of carbonyl (C=O) groups is 2. The largest absolute Gasteiger partial charge is 0.480 e. The van der Waals surface area contributed by atoms with E-state index in [-0.39, 0.29) is 5.92 Å². The predicted octanol–water partition coefficient (Wildman–Crippen LogP) is 3.07. The van der Waals surface area contributed by atoms with Crippen LogP contribution in [0.5, 0.6) is 0 Å². The maximum atomic E-state index is 12.0. The second kappa shape index (κ2) is 6.26. The summed E-state index contributed by atoms with van der Waals surface area (Å²) in [6, 6.07) is 11.8. The lowest BCUT2D eigenvalue weighted by atomic mass is 10.1. The van der Waals surface area contributed by atoms with Crippen molar-refractivity contribution in [2.75, 3.05) is 5.32 Å². The van der Waals surface area contributed by atoms with E-state index in [9.17, 15) is 9.59 Å². The van der Waals surface area contributed by atoms with Crippen molar-refractivity contribution in [2.24, 2.45) is 5.92 Å². The molecule has 0 saturated carbocycles. The van der Waals surface area contributed by atoms with Crippen molar-refractivity contribution >= 4 is 28.5 Å². The number of amides is 2. The second-order valence-electron chi connectivity index (χ2n) is 5.19. The molecule has 0 fully saturated rings. The molecule has 2 aromatic rings. The highest BCUT2D eigenvalue weighted by Crippen LogP contribution is 2.22. The van der Waals surface area contributed by atoms with Gasteiger partial charge in [-0.1, -0.05) is 50.2 Å². The van der Waals surface area contributed by atoms with Gasteiger partial charge in [0.05, 0.1) is 5.69 Å². The fraction of sp³-hybridized carbons (Fsp3) is 0.250. The molecule has 0 saturated heterocycles. The van der Waals surface area contributed by atoms with Gasteiger partial charge in [-0.25, -0.2) is 9.59 Å². The molecule has 0 heterocycles. The van der Waals surface area contributed by atoms with Crippen LogP contribution in [0.2, 0.25) is 0 Å². The highest BCUT2D eigenvalue weighted by atomic mass is 16.4. The van der Waals surface area contributed by atoms with E-state index in [4.69, 9.17) is 5.11 Å². The van der Waals surface area contributed by atoms with E-state index < -0.39 is 18.0 Å². The molecule has 0 spiro atoms. The molecule has 0 aliphatic carbocycles. The Morgan fingerprint density at radius 1 is 1.05 bits per heavy atom. The van der Waals surface area contributed by atoms with Crippen LogP contribution in [-0.4, -0.2) is 23.1 Å². The molecule has 0 aromatic heterocycles. The SMILES string of the molecule is CC(C)[C@H](NC(=O)Nc1cccc2ccccc12)C(=O)O. The number of carbonyl (C=O) groups excluding carboxylic acids is 1. The number of hydrogen-bond donors (Lipinski definition) is 3. The van der Waals surface area contributed by atoms with Gasteiger partial charge in [-0.05, 0) is 17.4 Å². The molecular weight excluding hydrogens is 268 g/mol. The minimum absolute atomic E-state index is 0.194. The van der Waals surface area contributed by atoms with Gasteiger partial charge in [0.15, 0.2) is 0 Å². The van der Waals surface area contributed by atoms with Crippen molar-refractivity contribution in [2.45, 2.75) is 19.9 Å². The summed E-state index contributed by atoms with van der Waals surface area (Å²) in [5.41, 5.74) is 0.651. The molecule has 21 heavy (non-hydrogen) atoms. The third-order valence-electron chi connectivity index (χ3n) is 3.26. The molecule has 5 nitrogen and oxygen atoms in total. The summed E-state index contributed by atoms with van der Waals surface area (Å²) in [5, 5.41) is 16.2. The average Bonchev–Trinajstić information content (AvgIpc) is 2.44. The van der Waals surface area contributed by atoms with Crippen LogP contribution in [0.15, 0.2) is 42.5 Å². The fourth-order valence-corrected chi connectivity index (χ4v) is 2.15. The lowest BCUT2D eigenvalue weighted by molar-refractivity contribution is -0.140. The Morgan fingerprint density at radius 3 is 2.38 bits per heavy atom. The third kappa shape index (κ3) is 3.51. The molecule has 2 aromatic carbocycles. The molecule has 0 aliphatic heterocycles. The van der Waals surface area contributed by atoms with Gasteiger partial charge in [-0.2, -0.15) is 0 Å². The molecule has 0 radical (unpaired) electrons. The summed E-state index contributed by atoms with van der Waals surface area (Å²) in [6.07, 6.45) is 0. The number of nitrogens with one attached hydrogen (secondary N) is 2. The number of fused-ring (bicyclic) bond motifs is 1. The van der Waals surface area contributed by atoms with Gasteiger partial charge >= 0.3 is 12.0 Å². The summed E-state index contributed by atoms with van der Waals surface area (Å²) < 4.78 is 0. The van der Waals surface area contributed by atoms with Gasteiger partial charge in [0, 0.05) is 5.39 Å². The summed E-state index contributed by atoms with van der Waals surface area (Å²) in [5.74, 6) is -1.24. The third-order valence-corrected chi connectivity index (χ3v) is 3.26. The van der Waals surface area contributed by atoms with Gasteiger partial charge in [0.1, 0.15) is 6.04 Å². The minimum Gasteiger partial charge on any atom is -0.480 e. The Labute approximate surface area is 123 Å². The first-order valence-corrected chi connectivity index (χ1v) is 6.77. The van der Waals surface area contributed by atoms with Crippen LogP contribution in [0, 0.1) is 5.92 Å². The molecule has 0 bridgehead atoms. The first-order valence-electron chi connectivity index (χ1n) is 6.77. The molecule has 5 heteroatoms. The zero-order chi connectivity index (χ0) is 15.4. The first-order chi connectivity index (χ1) is 9.99. The van der Waals surface area contributed by atoms with Crippen molar-refractivity contribution in [1.29, 1.82) is 0 Å². The molecule has 3 N–H and O–H groups in total. The van der Waals surface area contributed by atoms with Crippen molar-refractivity contribution in [3.05, 3.63) is 42.5 Å². The van der Waals surface area contributed by atoms with Crippen LogP contribution in [0.25, 0.3) is 10.8 Å². The first kappa shape index (κ1) is 14.8. The number of benzene rings is 2. The van der Waals surface area contributed by atoms with Crippen LogP contribution in [0.1, 0.15) is 13.8 Å². The molecule has 1 atom stereocenters. The van der Waals surface area contributed by atoms with E-state index in [1.165, 1.54) is 0 Å². The summed E-state index contributed by atoms with van der Waals surface area (Å²) in [4.78, 5) is 23.1. The molecule has 2 rings (SSSR count). The number of carboxylic acid groups (broad SMARTS) is 1. The Kier molecular flexibility index (Phi) is 4.42. The van der Waals surface area contributed by atoms with E-state index in [1.807, 2.05) is 36.4 Å². The highest BCUT2D eigenvalue weighted by Gasteiger charge is 2.23. The highest BCUT2D eigenvalue weighted by molar-refractivity contribution is 6.02. The van der Waals surface area contributed by atoms with Crippen molar-refractivity contribution in [3.63, 3.8) is 0 Å². The average molecular weight is 286 g/mol. The van der Waals surface area contributed by atoms with Crippen LogP contribution >= 0.6 is 0 Å². The van der Waals surface area contributed by atoms with E-state index in [1.54, 1.807) is 19.9 Å². The monoisotopic (exact) mass is 286 g/mol. The Morgan fingerprint density at radius 2 is 1.71 bits per heavy atom. The van der Waals surface area contributed by atoms with Crippen LogP contribution in [0.4, 0.5) is 10.5 Å². The minimum atomic E-state index is -1.04. The summed E-state index contributed by atoms with van der Waals surface area (Å²) in [7, 11) is 0. The molecule has 2 amide bonds. The normalized spacial score (nSPS) is 12.1. The summed E-state index contributed by atoms with van der Waals surface area (Å²) >= 11 is 0. The number of rotatable bonds is 4. The lowest BCUT2D eigenvalue weighted by Crippen LogP contribution is -2.46. The molecule has 0 unspecified atom stereocenters. The van der Waals surface area contributed by atoms with Crippen LogP contribution in [-0.2, 0) is 4.79 Å². The Balaban J connectivity index is 2.17. The van der Waals surface area contributed by atoms with Gasteiger partial charge in [-0.15, -0.1) is 0 Å². The van der Waals surface area contributed by atoms with Crippen molar-refractivity contribution in [1.82, 2.24) is 5.32 Å². The van der Waals surface area contributed by atoms with Gasteiger partial charge in [0.2, 0.25) is 0 Å². The smallest absolute Gasteiger partial charge is 0.326 e. The van der Waals surface area contributed by atoms with Gasteiger partial charge < -0.3 is 15.7 Å². The quantitative estimate of drug-likeness (QED) is 0.808. The van der Waals surface area contributed by atoms with Crippen LogP contribution in [0.3, 0.4) is 0 Å². The van der Waals surface area contributed by atoms with E-state index in [2.05, 4.69) is 10.6 Å². The van der Waals surface area contributed by atoms with Crippen molar-refractivity contribution in [3.8, 4) is 0 Å².